The molecule has 0 aliphatic heterocycles. The molecule has 5 nitrogen and oxygen atoms in total. The molecule has 0 atom stereocenters. The van der Waals surface area contributed by atoms with Gasteiger partial charge in [0, 0.05) is 6.54 Å². The minimum absolute atomic E-state index is 0.173. The van der Waals surface area contributed by atoms with Crippen molar-refractivity contribution < 1.29 is 14.3 Å². The number of unbranched alkanes of at least 4 members (excludes halogenated alkanes) is 1. The van der Waals surface area contributed by atoms with Gasteiger partial charge in [-0.25, -0.2) is 4.79 Å². The first kappa shape index (κ1) is 11.7. The summed E-state index contributed by atoms with van der Waals surface area (Å²) in [6, 6.07) is -0.624. The van der Waals surface area contributed by atoms with E-state index in [9.17, 15) is 9.59 Å². The van der Waals surface area contributed by atoms with Crippen LogP contribution >= 0.6 is 0 Å². The minimum Gasteiger partial charge on any atom is -0.466 e. The molecule has 0 aromatic rings. The van der Waals surface area contributed by atoms with Crippen molar-refractivity contribution >= 4 is 12.0 Å². The standard InChI is InChI=1S/C8H16N2O3/c1-2-3-6-13-7(11)4-5-10-8(9)12/h2-6H2,1H3,(H3,9,10,12). The summed E-state index contributed by atoms with van der Waals surface area (Å²) in [5.41, 5.74) is 4.80. The normalized spacial score (nSPS) is 9.31. The summed E-state index contributed by atoms with van der Waals surface area (Å²) >= 11 is 0. The number of carbonyl (C=O) groups excluding carboxylic acids is 2. The first-order chi connectivity index (χ1) is 6.16. The van der Waals surface area contributed by atoms with Crippen molar-refractivity contribution in [2.24, 2.45) is 5.73 Å². The Hall–Kier alpha value is -1.26. The number of esters is 1. The number of ether oxygens (including phenoxy) is 1. The number of hydrogen-bond donors (Lipinski definition) is 2. The predicted octanol–water partition coefficient (Wildman–Crippen LogP) is 0.388. The van der Waals surface area contributed by atoms with Crippen LogP contribution in [0.3, 0.4) is 0 Å². The molecule has 0 spiro atoms. The molecule has 0 bridgehead atoms. The molecule has 0 saturated heterocycles. The zero-order valence-corrected chi connectivity index (χ0v) is 7.84. The highest BCUT2D eigenvalue weighted by molar-refractivity contribution is 5.73. The summed E-state index contributed by atoms with van der Waals surface area (Å²) in [6.45, 7) is 2.70. The van der Waals surface area contributed by atoms with Gasteiger partial charge in [0.2, 0.25) is 0 Å². The smallest absolute Gasteiger partial charge is 0.312 e. The Balaban J connectivity index is 3.25. The number of nitrogens with one attached hydrogen (secondary N) is 1. The Morgan fingerprint density at radius 2 is 2.15 bits per heavy atom. The third kappa shape index (κ3) is 8.65. The van der Waals surface area contributed by atoms with Crippen molar-refractivity contribution in [2.75, 3.05) is 13.2 Å². The molecular formula is C8H16N2O3. The molecule has 0 aliphatic carbocycles. The average molecular weight is 188 g/mol. The third-order valence-corrected chi connectivity index (χ3v) is 1.39. The van der Waals surface area contributed by atoms with Crippen LogP contribution in [0.2, 0.25) is 0 Å². The Kier molecular flexibility index (Phi) is 6.68. The van der Waals surface area contributed by atoms with Gasteiger partial charge < -0.3 is 15.8 Å². The van der Waals surface area contributed by atoms with E-state index in [2.05, 4.69) is 5.32 Å². The van der Waals surface area contributed by atoms with Crippen LogP contribution in [0.1, 0.15) is 26.2 Å². The van der Waals surface area contributed by atoms with Crippen molar-refractivity contribution in [2.45, 2.75) is 26.2 Å². The van der Waals surface area contributed by atoms with E-state index in [-0.39, 0.29) is 18.9 Å². The van der Waals surface area contributed by atoms with Gasteiger partial charge in [-0.1, -0.05) is 13.3 Å². The highest BCUT2D eigenvalue weighted by Gasteiger charge is 2.01. The maximum absolute atomic E-state index is 10.9. The number of nitrogens with two attached hydrogens (primary N) is 1. The van der Waals surface area contributed by atoms with Crippen molar-refractivity contribution in [3.05, 3.63) is 0 Å². The molecule has 0 aromatic carbocycles. The number of hydrogen-bond acceptors (Lipinski definition) is 3. The van der Waals surface area contributed by atoms with E-state index >= 15 is 0 Å². The van der Waals surface area contributed by atoms with E-state index in [0.717, 1.165) is 12.8 Å². The summed E-state index contributed by atoms with van der Waals surface area (Å²) < 4.78 is 4.83. The second kappa shape index (κ2) is 7.39. The summed E-state index contributed by atoms with van der Waals surface area (Å²) in [4.78, 5) is 21.1. The van der Waals surface area contributed by atoms with Crippen LogP contribution in [0.4, 0.5) is 4.79 Å². The molecule has 0 saturated carbocycles. The quantitative estimate of drug-likeness (QED) is 0.467. The van der Waals surface area contributed by atoms with Crippen LogP contribution in [0, 0.1) is 0 Å². The van der Waals surface area contributed by atoms with Crippen LogP contribution in [-0.4, -0.2) is 25.2 Å². The Morgan fingerprint density at radius 1 is 1.46 bits per heavy atom. The Bertz CT molecular complexity index is 171. The van der Waals surface area contributed by atoms with Gasteiger partial charge in [0.1, 0.15) is 0 Å². The predicted molar refractivity (Wildman–Crippen MR) is 48.1 cm³/mol. The van der Waals surface area contributed by atoms with Crippen LogP contribution in [0.5, 0.6) is 0 Å². The fraction of sp³-hybridized carbons (Fsp3) is 0.750. The van der Waals surface area contributed by atoms with Crippen LogP contribution < -0.4 is 11.1 Å². The SMILES string of the molecule is CCCCOC(=O)CCNC(N)=O. The van der Waals surface area contributed by atoms with Gasteiger partial charge in [-0.3, -0.25) is 4.79 Å². The number of rotatable bonds is 6. The van der Waals surface area contributed by atoms with Crippen molar-refractivity contribution in [1.82, 2.24) is 5.32 Å². The van der Waals surface area contributed by atoms with Gasteiger partial charge in [-0.05, 0) is 6.42 Å². The molecule has 2 amide bonds. The van der Waals surface area contributed by atoms with Gasteiger partial charge in [-0.15, -0.1) is 0 Å². The Labute approximate surface area is 77.6 Å². The van der Waals surface area contributed by atoms with E-state index in [1.54, 1.807) is 0 Å². The van der Waals surface area contributed by atoms with Crippen molar-refractivity contribution in [3.8, 4) is 0 Å². The maximum Gasteiger partial charge on any atom is 0.312 e. The van der Waals surface area contributed by atoms with Crippen molar-refractivity contribution in [1.29, 1.82) is 0 Å². The first-order valence-electron chi connectivity index (χ1n) is 4.35. The van der Waals surface area contributed by atoms with Gasteiger partial charge in [-0.2, -0.15) is 0 Å². The first-order valence-corrected chi connectivity index (χ1v) is 4.35. The van der Waals surface area contributed by atoms with E-state index in [1.807, 2.05) is 6.92 Å². The molecule has 13 heavy (non-hydrogen) atoms. The lowest BCUT2D eigenvalue weighted by Gasteiger charge is -2.03. The van der Waals surface area contributed by atoms with Crippen LogP contribution in [0.15, 0.2) is 0 Å². The van der Waals surface area contributed by atoms with Crippen molar-refractivity contribution in [3.63, 3.8) is 0 Å². The number of carbonyl (C=O) groups is 2. The second-order valence-corrected chi connectivity index (χ2v) is 2.62. The minimum atomic E-state index is -0.624. The topological polar surface area (TPSA) is 81.4 Å². The molecule has 0 unspecified atom stereocenters. The van der Waals surface area contributed by atoms with Crippen LogP contribution in [0.25, 0.3) is 0 Å². The molecular weight excluding hydrogens is 172 g/mol. The molecule has 0 heterocycles. The molecule has 5 heteroatoms. The van der Waals surface area contributed by atoms with Crippen LogP contribution in [-0.2, 0) is 9.53 Å². The highest BCUT2D eigenvalue weighted by atomic mass is 16.5. The lowest BCUT2D eigenvalue weighted by molar-refractivity contribution is -0.143. The molecule has 0 aliphatic rings. The fourth-order valence-electron chi connectivity index (χ4n) is 0.690. The summed E-state index contributed by atoms with van der Waals surface area (Å²) in [5, 5.41) is 2.30. The number of amides is 2. The lowest BCUT2D eigenvalue weighted by Crippen LogP contribution is -2.31. The molecule has 0 rings (SSSR count). The fourth-order valence-corrected chi connectivity index (χ4v) is 0.690. The molecule has 76 valence electrons. The Morgan fingerprint density at radius 3 is 2.69 bits per heavy atom. The zero-order chi connectivity index (χ0) is 10.1. The zero-order valence-electron chi connectivity index (χ0n) is 7.84. The summed E-state index contributed by atoms with van der Waals surface area (Å²) in [7, 11) is 0. The number of primary amides is 1. The van der Waals surface area contributed by atoms with Gasteiger partial charge in [0.05, 0.1) is 13.0 Å². The molecule has 3 N–H and O–H groups in total. The van der Waals surface area contributed by atoms with Gasteiger partial charge >= 0.3 is 12.0 Å². The second-order valence-electron chi connectivity index (χ2n) is 2.62. The molecule has 0 radical (unpaired) electrons. The maximum atomic E-state index is 10.9. The molecule has 0 fully saturated rings. The van der Waals surface area contributed by atoms with E-state index < -0.39 is 6.03 Å². The van der Waals surface area contributed by atoms with E-state index in [4.69, 9.17) is 10.5 Å². The third-order valence-electron chi connectivity index (χ3n) is 1.39. The molecule has 0 aromatic heterocycles. The monoisotopic (exact) mass is 188 g/mol. The summed E-state index contributed by atoms with van der Waals surface area (Å²) in [5.74, 6) is -0.304. The van der Waals surface area contributed by atoms with E-state index in [1.165, 1.54) is 0 Å². The highest BCUT2D eigenvalue weighted by Crippen LogP contribution is 1.90. The van der Waals surface area contributed by atoms with E-state index in [0.29, 0.717) is 6.61 Å². The number of urea groups is 1. The van der Waals surface area contributed by atoms with Gasteiger partial charge in [0.15, 0.2) is 0 Å². The summed E-state index contributed by atoms with van der Waals surface area (Å²) in [6.07, 6.45) is 2.04. The largest absolute Gasteiger partial charge is 0.466 e. The lowest BCUT2D eigenvalue weighted by atomic mass is 10.3. The average Bonchev–Trinajstić information content (AvgIpc) is 2.04. The van der Waals surface area contributed by atoms with Gasteiger partial charge in [0.25, 0.3) is 0 Å².